The van der Waals surface area contributed by atoms with Crippen LogP contribution in [0.1, 0.15) is 52.4 Å². The number of rotatable bonds is 7. The maximum Gasteiger partial charge on any atom is 0.326 e. The lowest BCUT2D eigenvalue weighted by Crippen LogP contribution is -2.55. The summed E-state index contributed by atoms with van der Waals surface area (Å²) in [6.07, 6.45) is 5.17. The first-order valence-corrected chi connectivity index (χ1v) is 8.78. The maximum atomic E-state index is 12.5. The Hall–Kier alpha value is -1.14. The van der Waals surface area contributed by atoms with E-state index in [9.17, 15) is 14.7 Å². The largest absolute Gasteiger partial charge is 0.480 e. The predicted octanol–water partition coefficient (Wildman–Crippen LogP) is 1.64. The van der Waals surface area contributed by atoms with Crippen LogP contribution < -0.4 is 5.32 Å². The normalized spacial score (nSPS) is 22.9. The van der Waals surface area contributed by atoms with Crippen molar-refractivity contribution in [3.8, 4) is 0 Å². The number of amides is 1. The van der Waals surface area contributed by atoms with Crippen molar-refractivity contribution in [3.05, 3.63) is 0 Å². The second kappa shape index (κ2) is 8.11. The first-order valence-electron chi connectivity index (χ1n) is 8.78. The number of carboxylic acids is 1. The minimum Gasteiger partial charge on any atom is -0.480 e. The van der Waals surface area contributed by atoms with E-state index in [1.807, 2.05) is 13.8 Å². The molecule has 23 heavy (non-hydrogen) atoms. The fourth-order valence-electron chi connectivity index (χ4n) is 3.91. The second-order valence-corrected chi connectivity index (χ2v) is 7.30. The highest BCUT2D eigenvalue weighted by atomic mass is 16.5. The average molecular weight is 326 g/mol. The Morgan fingerprint density at radius 3 is 2.35 bits per heavy atom. The van der Waals surface area contributed by atoms with Crippen molar-refractivity contribution in [2.75, 3.05) is 26.3 Å². The lowest BCUT2D eigenvalue weighted by molar-refractivity contribution is -0.143. The van der Waals surface area contributed by atoms with Gasteiger partial charge >= 0.3 is 5.97 Å². The first-order chi connectivity index (χ1) is 10.9. The molecule has 2 fully saturated rings. The number of carboxylic acid groups (broad SMARTS) is 1. The van der Waals surface area contributed by atoms with Gasteiger partial charge in [-0.25, -0.2) is 4.79 Å². The molecule has 6 nitrogen and oxygen atoms in total. The standard InChI is InChI=1S/C17H30N2O4/c1-13(2)11-14(16(21)22)18-15(20)12-17(5-3-4-6-17)19-7-9-23-10-8-19/h13-14H,3-12H2,1-2H3,(H,18,20)(H,21,22)/t14-/m0/s1. The van der Waals surface area contributed by atoms with Crippen LogP contribution in [0.15, 0.2) is 0 Å². The number of morpholine rings is 1. The molecule has 0 aromatic carbocycles. The SMILES string of the molecule is CC(C)C[C@H](NC(=O)CC1(N2CCOCC2)CCCC1)C(=O)O. The maximum absolute atomic E-state index is 12.5. The van der Waals surface area contributed by atoms with E-state index in [1.165, 1.54) is 0 Å². The van der Waals surface area contributed by atoms with Gasteiger partial charge in [0.2, 0.25) is 5.91 Å². The predicted molar refractivity (Wildman–Crippen MR) is 87.2 cm³/mol. The van der Waals surface area contributed by atoms with Crippen LogP contribution in [-0.2, 0) is 14.3 Å². The van der Waals surface area contributed by atoms with Crippen molar-refractivity contribution in [1.82, 2.24) is 10.2 Å². The zero-order chi connectivity index (χ0) is 16.9. The van der Waals surface area contributed by atoms with E-state index in [0.717, 1.165) is 38.8 Å². The number of aliphatic carboxylic acids is 1. The smallest absolute Gasteiger partial charge is 0.326 e. The van der Waals surface area contributed by atoms with Crippen LogP contribution in [0.5, 0.6) is 0 Å². The molecule has 2 rings (SSSR count). The van der Waals surface area contributed by atoms with Gasteiger partial charge in [0.15, 0.2) is 0 Å². The Labute approximate surface area is 138 Å². The molecule has 1 aliphatic carbocycles. The summed E-state index contributed by atoms with van der Waals surface area (Å²) in [6.45, 7) is 7.09. The van der Waals surface area contributed by atoms with Gasteiger partial charge < -0.3 is 15.2 Å². The Kier molecular flexibility index (Phi) is 6.41. The van der Waals surface area contributed by atoms with Gasteiger partial charge in [0.05, 0.1) is 13.2 Å². The molecular weight excluding hydrogens is 296 g/mol. The van der Waals surface area contributed by atoms with E-state index in [-0.39, 0.29) is 17.4 Å². The molecule has 2 aliphatic rings. The third-order valence-corrected chi connectivity index (χ3v) is 5.05. The van der Waals surface area contributed by atoms with Crippen LogP contribution in [-0.4, -0.2) is 59.8 Å². The summed E-state index contributed by atoms with van der Waals surface area (Å²) in [7, 11) is 0. The van der Waals surface area contributed by atoms with Crippen molar-refractivity contribution >= 4 is 11.9 Å². The Balaban J connectivity index is 1.98. The molecule has 1 aliphatic heterocycles. The van der Waals surface area contributed by atoms with Crippen LogP contribution in [0.4, 0.5) is 0 Å². The highest BCUT2D eigenvalue weighted by molar-refractivity contribution is 5.84. The van der Waals surface area contributed by atoms with Gasteiger partial charge in [0, 0.05) is 25.0 Å². The molecule has 1 saturated carbocycles. The first kappa shape index (κ1) is 18.2. The van der Waals surface area contributed by atoms with Crippen molar-refractivity contribution in [2.45, 2.75) is 64.0 Å². The molecule has 0 unspecified atom stereocenters. The molecule has 1 heterocycles. The summed E-state index contributed by atoms with van der Waals surface area (Å²) in [6, 6.07) is -0.786. The van der Waals surface area contributed by atoms with Gasteiger partial charge in [0.25, 0.3) is 0 Å². The van der Waals surface area contributed by atoms with E-state index in [0.29, 0.717) is 26.1 Å². The number of carbonyl (C=O) groups is 2. The van der Waals surface area contributed by atoms with Crippen molar-refractivity contribution in [2.24, 2.45) is 5.92 Å². The molecule has 132 valence electrons. The van der Waals surface area contributed by atoms with Gasteiger partial charge in [-0.15, -0.1) is 0 Å². The lowest BCUT2D eigenvalue weighted by atomic mass is 9.89. The van der Waals surface area contributed by atoms with Crippen molar-refractivity contribution in [1.29, 1.82) is 0 Å². The van der Waals surface area contributed by atoms with E-state index in [1.54, 1.807) is 0 Å². The van der Waals surface area contributed by atoms with Crippen LogP contribution >= 0.6 is 0 Å². The molecule has 1 amide bonds. The number of ether oxygens (including phenoxy) is 1. The zero-order valence-corrected chi connectivity index (χ0v) is 14.3. The number of carbonyl (C=O) groups excluding carboxylic acids is 1. The molecule has 2 N–H and O–H groups in total. The fourth-order valence-corrected chi connectivity index (χ4v) is 3.91. The van der Waals surface area contributed by atoms with Crippen molar-refractivity contribution < 1.29 is 19.4 Å². The zero-order valence-electron chi connectivity index (χ0n) is 14.3. The van der Waals surface area contributed by atoms with Crippen LogP contribution in [0.3, 0.4) is 0 Å². The Morgan fingerprint density at radius 2 is 1.83 bits per heavy atom. The van der Waals surface area contributed by atoms with Gasteiger partial charge in [-0.1, -0.05) is 26.7 Å². The molecule has 1 saturated heterocycles. The molecule has 0 bridgehead atoms. The molecule has 1 atom stereocenters. The van der Waals surface area contributed by atoms with Crippen LogP contribution in [0, 0.1) is 5.92 Å². The monoisotopic (exact) mass is 326 g/mol. The Morgan fingerprint density at radius 1 is 1.22 bits per heavy atom. The highest BCUT2D eigenvalue weighted by Gasteiger charge is 2.42. The minimum absolute atomic E-state index is 0.102. The molecule has 0 spiro atoms. The molecule has 6 heteroatoms. The second-order valence-electron chi connectivity index (χ2n) is 7.30. The van der Waals surface area contributed by atoms with Crippen molar-refractivity contribution in [3.63, 3.8) is 0 Å². The quantitative estimate of drug-likeness (QED) is 0.743. The average Bonchev–Trinajstić information content (AvgIpc) is 2.96. The minimum atomic E-state index is -0.945. The molecular formula is C17H30N2O4. The summed E-state index contributed by atoms with van der Waals surface area (Å²) in [5.41, 5.74) is -0.102. The molecule has 0 aromatic rings. The number of hydrogen-bond acceptors (Lipinski definition) is 4. The van der Waals surface area contributed by atoms with E-state index in [2.05, 4.69) is 10.2 Å². The summed E-state index contributed by atoms with van der Waals surface area (Å²) >= 11 is 0. The van der Waals surface area contributed by atoms with E-state index < -0.39 is 12.0 Å². The summed E-state index contributed by atoms with van der Waals surface area (Å²) in [5.74, 6) is -0.846. The van der Waals surface area contributed by atoms with Crippen LogP contribution in [0.2, 0.25) is 0 Å². The molecule has 0 aromatic heterocycles. The molecule has 0 radical (unpaired) electrons. The number of hydrogen-bond donors (Lipinski definition) is 2. The summed E-state index contributed by atoms with van der Waals surface area (Å²) < 4.78 is 5.43. The fraction of sp³-hybridized carbons (Fsp3) is 0.882. The van der Waals surface area contributed by atoms with Gasteiger partial charge in [-0.2, -0.15) is 0 Å². The summed E-state index contributed by atoms with van der Waals surface area (Å²) in [4.78, 5) is 26.2. The third-order valence-electron chi connectivity index (χ3n) is 5.05. The number of nitrogens with zero attached hydrogens (tertiary/aromatic N) is 1. The van der Waals surface area contributed by atoms with Crippen LogP contribution in [0.25, 0.3) is 0 Å². The van der Waals surface area contributed by atoms with Gasteiger partial charge in [-0.05, 0) is 25.2 Å². The number of nitrogens with one attached hydrogen (secondary N) is 1. The summed E-state index contributed by atoms with van der Waals surface area (Å²) in [5, 5.41) is 12.0. The third kappa shape index (κ3) is 4.91. The van der Waals surface area contributed by atoms with Gasteiger partial charge in [0.1, 0.15) is 6.04 Å². The highest BCUT2D eigenvalue weighted by Crippen LogP contribution is 2.38. The van der Waals surface area contributed by atoms with Gasteiger partial charge in [-0.3, -0.25) is 9.69 Å². The van der Waals surface area contributed by atoms with E-state index in [4.69, 9.17) is 4.74 Å². The van der Waals surface area contributed by atoms with E-state index >= 15 is 0 Å². The lowest BCUT2D eigenvalue weighted by Gasteiger charge is -2.43. The Bertz CT molecular complexity index is 413. The topological polar surface area (TPSA) is 78.9 Å².